The maximum atomic E-state index is 14.5. The number of anilines is 1. The number of piperidine rings is 1. The number of amides is 1. The number of carbonyl (C=O) groups excluding carboxylic acids is 3. The number of esters is 1. The first-order chi connectivity index (χ1) is 17.1. The Morgan fingerprint density at radius 3 is 2.44 bits per heavy atom. The van der Waals surface area contributed by atoms with Gasteiger partial charge in [0.2, 0.25) is 0 Å². The molecule has 0 bridgehead atoms. The number of methoxy groups -OCH3 is 2. The Labute approximate surface area is 209 Å². The Morgan fingerprint density at radius 1 is 1.11 bits per heavy atom. The number of halogens is 2. The van der Waals surface area contributed by atoms with Crippen LogP contribution in [0.25, 0.3) is 0 Å². The van der Waals surface area contributed by atoms with Crippen molar-refractivity contribution in [3.8, 4) is 0 Å². The minimum atomic E-state index is -1.58. The first-order valence-electron chi connectivity index (χ1n) is 11.7. The number of hydrogen-bond donors (Lipinski definition) is 1. The summed E-state index contributed by atoms with van der Waals surface area (Å²) in [5.41, 5.74) is -0.824. The molecule has 194 valence electrons. The molecule has 1 N–H and O–H groups in total. The molecule has 1 aromatic heterocycles. The van der Waals surface area contributed by atoms with Crippen molar-refractivity contribution in [2.45, 2.75) is 45.2 Å². The second-order valence-electron chi connectivity index (χ2n) is 9.24. The van der Waals surface area contributed by atoms with Crippen LogP contribution in [0, 0.1) is 23.5 Å². The third kappa shape index (κ3) is 5.03. The molecule has 2 aromatic rings. The lowest BCUT2D eigenvalue weighted by Gasteiger charge is -2.51. The molecule has 0 radical (unpaired) electrons. The Hall–Kier alpha value is -3.56. The fourth-order valence-corrected chi connectivity index (χ4v) is 4.76. The average molecular weight is 504 g/mol. The van der Waals surface area contributed by atoms with Gasteiger partial charge < -0.3 is 19.7 Å². The highest BCUT2D eigenvalue weighted by atomic mass is 19.2. The summed E-state index contributed by atoms with van der Waals surface area (Å²) in [5.74, 6) is -3.64. The number of benzene rings is 1. The summed E-state index contributed by atoms with van der Waals surface area (Å²) in [5, 5.41) is 2.76. The lowest BCUT2D eigenvalue weighted by atomic mass is 9.69. The highest BCUT2D eigenvalue weighted by Gasteiger charge is 2.54. The number of Topliss-reactive ketones (excluding diaryl/α,β-unsaturated/α-hetero) is 1. The van der Waals surface area contributed by atoms with Crippen molar-refractivity contribution in [3.63, 3.8) is 0 Å². The number of ether oxygens (including phenoxy) is 2. The molecule has 1 saturated heterocycles. The lowest BCUT2D eigenvalue weighted by molar-refractivity contribution is -0.132. The largest absolute Gasteiger partial charge is 0.465 e. The van der Waals surface area contributed by atoms with Crippen LogP contribution in [0.3, 0.4) is 0 Å². The molecule has 1 aliphatic rings. The van der Waals surface area contributed by atoms with E-state index in [1.807, 2.05) is 13.8 Å². The molecule has 3 unspecified atom stereocenters. The minimum absolute atomic E-state index is 0.0705. The molecular weight excluding hydrogens is 472 g/mol. The van der Waals surface area contributed by atoms with E-state index < -0.39 is 41.2 Å². The normalized spacial score (nSPS) is 20.6. The van der Waals surface area contributed by atoms with Gasteiger partial charge in [-0.15, -0.1) is 0 Å². The SMILES string of the molecule is COC(=O)NC1(C(=O)C(C)C(C)C)CCCN(c2cnccc2C(=O)OC)C1c1ccc(F)c(F)c1. The zero-order valence-corrected chi connectivity index (χ0v) is 21.0. The van der Waals surface area contributed by atoms with E-state index in [1.165, 1.54) is 38.7 Å². The van der Waals surface area contributed by atoms with E-state index in [9.17, 15) is 23.2 Å². The Balaban J connectivity index is 2.33. The number of hydrogen-bond acceptors (Lipinski definition) is 7. The van der Waals surface area contributed by atoms with Crippen LogP contribution in [0.15, 0.2) is 36.7 Å². The van der Waals surface area contributed by atoms with E-state index in [2.05, 4.69) is 10.3 Å². The smallest absolute Gasteiger partial charge is 0.407 e. The predicted molar refractivity (Wildman–Crippen MR) is 129 cm³/mol. The van der Waals surface area contributed by atoms with Crippen molar-refractivity contribution in [2.24, 2.45) is 11.8 Å². The molecular formula is C26H31F2N3O5. The number of aromatic nitrogens is 1. The standard InChI is InChI=1S/C26H31F2N3O5/c1-15(2)16(3)23(32)26(30-25(34)36-5)10-6-12-31(21-14-29-11-9-18(21)24(33)35-4)22(26)17-7-8-19(27)20(28)13-17/h7-9,11,13-16,22H,6,10,12H2,1-5H3,(H,30,34). The summed E-state index contributed by atoms with van der Waals surface area (Å²) in [6, 6.07) is 3.82. The fraction of sp³-hybridized carbons (Fsp3) is 0.462. The molecule has 10 heteroatoms. The maximum absolute atomic E-state index is 14.5. The van der Waals surface area contributed by atoms with Crippen LogP contribution in [0.5, 0.6) is 0 Å². The molecule has 2 heterocycles. The average Bonchev–Trinajstić information content (AvgIpc) is 2.88. The number of nitrogens with zero attached hydrogens (tertiary/aromatic N) is 2. The van der Waals surface area contributed by atoms with Crippen LogP contribution in [0.1, 0.15) is 55.6 Å². The Bertz CT molecular complexity index is 1140. The molecule has 3 rings (SSSR count). The van der Waals surface area contributed by atoms with Gasteiger partial charge in [0.05, 0.1) is 37.7 Å². The highest BCUT2D eigenvalue weighted by molar-refractivity contribution is 5.98. The van der Waals surface area contributed by atoms with Crippen molar-refractivity contribution in [1.82, 2.24) is 10.3 Å². The highest BCUT2D eigenvalue weighted by Crippen LogP contribution is 2.45. The molecule has 1 amide bonds. The summed E-state index contributed by atoms with van der Waals surface area (Å²) < 4.78 is 38.3. The van der Waals surface area contributed by atoms with Gasteiger partial charge in [-0.25, -0.2) is 18.4 Å². The molecule has 8 nitrogen and oxygen atoms in total. The zero-order valence-electron chi connectivity index (χ0n) is 21.0. The van der Waals surface area contributed by atoms with E-state index in [-0.39, 0.29) is 29.2 Å². The second kappa shape index (κ2) is 11.0. The quantitative estimate of drug-likeness (QED) is 0.558. The molecule has 1 aromatic carbocycles. The van der Waals surface area contributed by atoms with Crippen LogP contribution in [0.4, 0.5) is 19.3 Å². The van der Waals surface area contributed by atoms with Crippen LogP contribution < -0.4 is 10.2 Å². The number of alkyl carbamates (subject to hydrolysis) is 1. The van der Waals surface area contributed by atoms with E-state index >= 15 is 0 Å². The second-order valence-corrected chi connectivity index (χ2v) is 9.24. The number of rotatable bonds is 7. The zero-order chi connectivity index (χ0) is 26.6. The lowest BCUT2D eigenvalue weighted by Crippen LogP contribution is -2.66. The molecule has 0 saturated carbocycles. The molecule has 1 aliphatic heterocycles. The van der Waals surface area contributed by atoms with Crippen molar-refractivity contribution < 1.29 is 32.6 Å². The van der Waals surface area contributed by atoms with Crippen molar-refractivity contribution in [3.05, 3.63) is 59.4 Å². The predicted octanol–water partition coefficient (Wildman–Crippen LogP) is 4.44. The molecule has 1 fully saturated rings. The van der Waals surface area contributed by atoms with E-state index in [4.69, 9.17) is 9.47 Å². The van der Waals surface area contributed by atoms with Crippen LogP contribution in [0.2, 0.25) is 0 Å². The molecule has 3 atom stereocenters. The molecule has 36 heavy (non-hydrogen) atoms. The number of pyridine rings is 1. The summed E-state index contributed by atoms with van der Waals surface area (Å²) in [6.45, 7) is 5.88. The Kier molecular flexibility index (Phi) is 8.27. The van der Waals surface area contributed by atoms with Crippen molar-refractivity contribution in [1.29, 1.82) is 0 Å². The monoisotopic (exact) mass is 503 g/mol. The van der Waals surface area contributed by atoms with Crippen molar-refractivity contribution >= 4 is 23.5 Å². The van der Waals surface area contributed by atoms with E-state index in [1.54, 1.807) is 11.8 Å². The third-order valence-corrected chi connectivity index (χ3v) is 6.89. The first kappa shape index (κ1) is 27.0. The van der Waals surface area contributed by atoms with Crippen molar-refractivity contribution in [2.75, 3.05) is 25.7 Å². The van der Waals surface area contributed by atoms with Gasteiger partial charge in [0, 0.05) is 18.7 Å². The fourth-order valence-electron chi connectivity index (χ4n) is 4.76. The number of carbonyl (C=O) groups is 3. The van der Waals surface area contributed by atoms with Gasteiger partial charge in [0.1, 0.15) is 5.54 Å². The van der Waals surface area contributed by atoms with Crippen LogP contribution in [-0.2, 0) is 14.3 Å². The van der Waals surface area contributed by atoms with Gasteiger partial charge in [0.15, 0.2) is 17.4 Å². The third-order valence-electron chi connectivity index (χ3n) is 6.89. The number of ketones is 1. The van der Waals surface area contributed by atoms with Gasteiger partial charge in [-0.05, 0) is 42.5 Å². The maximum Gasteiger partial charge on any atom is 0.407 e. The van der Waals surface area contributed by atoms with Gasteiger partial charge in [0.25, 0.3) is 0 Å². The summed E-state index contributed by atoms with van der Waals surface area (Å²) in [7, 11) is 2.43. The van der Waals surface area contributed by atoms with Crippen LogP contribution in [-0.4, -0.2) is 49.1 Å². The number of nitrogens with one attached hydrogen (secondary N) is 1. The van der Waals surface area contributed by atoms with Gasteiger partial charge in [-0.1, -0.05) is 26.8 Å². The summed E-state index contributed by atoms with van der Waals surface area (Å²) >= 11 is 0. The van der Waals surface area contributed by atoms with Gasteiger partial charge >= 0.3 is 12.1 Å². The Morgan fingerprint density at radius 2 is 1.83 bits per heavy atom. The van der Waals surface area contributed by atoms with Crippen LogP contribution >= 0.6 is 0 Å². The van der Waals surface area contributed by atoms with Gasteiger partial charge in [-0.3, -0.25) is 9.78 Å². The van der Waals surface area contributed by atoms with E-state index in [0.717, 1.165) is 12.1 Å². The van der Waals surface area contributed by atoms with E-state index in [0.29, 0.717) is 18.7 Å². The minimum Gasteiger partial charge on any atom is -0.465 e. The first-order valence-corrected chi connectivity index (χ1v) is 11.7. The topological polar surface area (TPSA) is 97.8 Å². The summed E-state index contributed by atoms with van der Waals surface area (Å²) in [6.07, 6.45) is 2.69. The molecule has 0 spiro atoms. The van der Waals surface area contributed by atoms with Gasteiger partial charge in [-0.2, -0.15) is 0 Å². The molecule has 0 aliphatic carbocycles. The summed E-state index contributed by atoms with van der Waals surface area (Å²) in [4.78, 5) is 45.2.